The van der Waals surface area contributed by atoms with E-state index in [4.69, 9.17) is 17.3 Å². The molecule has 0 aromatic heterocycles. The van der Waals surface area contributed by atoms with E-state index < -0.39 is 0 Å². The fourth-order valence-corrected chi connectivity index (χ4v) is 2.29. The summed E-state index contributed by atoms with van der Waals surface area (Å²) in [6.07, 6.45) is 1.02. The van der Waals surface area contributed by atoms with E-state index in [0.717, 1.165) is 19.5 Å². The van der Waals surface area contributed by atoms with E-state index >= 15 is 0 Å². The number of hydrogen-bond acceptors (Lipinski definition) is 3. The molecule has 1 rings (SSSR count). The Hall–Kier alpha value is -0.680. The fraction of sp³-hybridized carbons (Fsp3) is 0.571. The van der Waals surface area contributed by atoms with E-state index in [-0.39, 0.29) is 11.9 Å². The third-order valence-corrected chi connectivity index (χ3v) is 3.42. The number of nitrogens with zero attached hydrogens (tertiary/aromatic N) is 2. The van der Waals surface area contributed by atoms with E-state index in [1.807, 2.05) is 21.1 Å². The van der Waals surface area contributed by atoms with Gasteiger partial charge in [-0.2, -0.15) is 0 Å². The Kier molecular flexibility index (Phi) is 6.72. The largest absolute Gasteiger partial charge is 0.329 e. The van der Waals surface area contributed by atoms with Crippen LogP contribution in [0.2, 0.25) is 5.02 Å². The van der Waals surface area contributed by atoms with Gasteiger partial charge in [-0.1, -0.05) is 11.6 Å². The van der Waals surface area contributed by atoms with Crippen LogP contribution in [0.3, 0.4) is 0 Å². The highest BCUT2D eigenvalue weighted by Gasteiger charge is 2.19. The minimum absolute atomic E-state index is 0.138. The smallest absolute Gasteiger partial charge is 0.128 e. The molecule has 1 aromatic carbocycles. The van der Waals surface area contributed by atoms with Crippen molar-refractivity contribution in [3.05, 3.63) is 34.6 Å². The van der Waals surface area contributed by atoms with Gasteiger partial charge >= 0.3 is 0 Å². The molecule has 0 bridgehead atoms. The number of rotatable bonds is 7. The Morgan fingerprint density at radius 2 is 1.95 bits per heavy atom. The van der Waals surface area contributed by atoms with Crippen LogP contribution < -0.4 is 5.73 Å². The standard InChI is InChI=1S/C14H23ClFN3/c1-18(2)7-4-8-19(3)14(10-17)12-9-11(15)5-6-13(12)16/h5-6,9,14H,4,7-8,10,17H2,1-3H3. The highest BCUT2D eigenvalue weighted by molar-refractivity contribution is 6.30. The van der Waals surface area contributed by atoms with Crippen LogP contribution in [0.1, 0.15) is 18.0 Å². The molecule has 0 saturated carbocycles. The molecule has 19 heavy (non-hydrogen) atoms. The van der Waals surface area contributed by atoms with Crippen LogP contribution in [-0.4, -0.2) is 50.6 Å². The lowest BCUT2D eigenvalue weighted by atomic mass is 10.0. The molecule has 5 heteroatoms. The third-order valence-electron chi connectivity index (χ3n) is 3.19. The molecule has 2 N–H and O–H groups in total. The summed E-state index contributed by atoms with van der Waals surface area (Å²) in [6, 6.07) is 4.48. The lowest BCUT2D eigenvalue weighted by Gasteiger charge is -2.28. The van der Waals surface area contributed by atoms with Crippen molar-refractivity contribution in [2.45, 2.75) is 12.5 Å². The second-order valence-electron chi connectivity index (χ2n) is 5.05. The highest BCUT2D eigenvalue weighted by Crippen LogP contribution is 2.24. The summed E-state index contributed by atoms with van der Waals surface area (Å²) in [4.78, 5) is 4.21. The molecule has 1 unspecified atom stereocenters. The molecule has 1 aromatic rings. The van der Waals surface area contributed by atoms with Crippen molar-refractivity contribution in [2.75, 3.05) is 40.8 Å². The number of halogens is 2. The summed E-state index contributed by atoms with van der Waals surface area (Å²) in [7, 11) is 6.04. The quantitative estimate of drug-likeness (QED) is 0.836. The van der Waals surface area contributed by atoms with Crippen molar-refractivity contribution < 1.29 is 4.39 Å². The normalized spacial score (nSPS) is 13.3. The predicted molar refractivity (Wildman–Crippen MR) is 79.0 cm³/mol. The van der Waals surface area contributed by atoms with Crippen LogP contribution in [-0.2, 0) is 0 Å². The average molecular weight is 288 g/mol. The Morgan fingerprint density at radius 3 is 2.53 bits per heavy atom. The van der Waals surface area contributed by atoms with Gasteiger partial charge in [0.1, 0.15) is 5.82 Å². The van der Waals surface area contributed by atoms with Gasteiger partial charge < -0.3 is 10.6 Å². The summed E-state index contributed by atoms with van der Waals surface area (Å²) < 4.78 is 13.9. The van der Waals surface area contributed by atoms with E-state index in [1.165, 1.54) is 6.07 Å². The lowest BCUT2D eigenvalue weighted by molar-refractivity contribution is 0.231. The lowest BCUT2D eigenvalue weighted by Crippen LogP contribution is -2.33. The van der Waals surface area contributed by atoms with Crippen LogP contribution in [0.25, 0.3) is 0 Å². The Balaban J connectivity index is 2.73. The first-order valence-corrected chi connectivity index (χ1v) is 6.83. The van der Waals surface area contributed by atoms with Gasteiger partial charge in [0.05, 0.1) is 0 Å². The van der Waals surface area contributed by atoms with Gasteiger partial charge in [0.15, 0.2) is 0 Å². The number of benzene rings is 1. The van der Waals surface area contributed by atoms with Crippen LogP contribution >= 0.6 is 11.6 Å². The molecule has 0 aliphatic heterocycles. The van der Waals surface area contributed by atoms with E-state index in [1.54, 1.807) is 12.1 Å². The third kappa shape index (κ3) is 5.07. The molecule has 0 fully saturated rings. The first-order valence-electron chi connectivity index (χ1n) is 6.45. The van der Waals surface area contributed by atoms with Crippen molar-refractivity contribution in [2.24, 2.45) is 5.73 Å². The zero-order valence-electron chi connectivity index (χ0n) is 11.9. The van der Waals surface area contributed by atoms with Crippen molar-refractivity contribution in [3.8, 4) is 0 Å². The van der Waals surface area contributed by atoms with Gasteiger partial charge in [-0.3, -0.25) is 4.90 Å². The van der Waals surface area contributed by atoms with Gasteiger partial charge in [0.25, 0.3) is 0 Å². The van der Waals surface area contributed by atoms with Crippen LogP contribution in [0, 0.1) is 5.82 Å². The SMILES string of the molecule is CN(C)CCCN(C)C(CN)c1cc(Cl)ccc1F. The fourth-order valence-electron chi connectivity index (χ4n) is 2.11. The Labute approximate surface area is 120 Å². The molecule has 108 valence electrons. The molecular formula is C14H23ClFN3. The van der Waals surface area contributed by atoms with E-state index in [2.05, 4.69) is 9.80 Å². The second kappa shape index (κ2) is 7.80. The molecule has 0 aliphatic carbocycles. The summed E-state index contributed by atoms with van der Waals surface area (Å²) in [5.74, 6) is -0.251. The summed E-state index contributed by atoms with van der Waals surface area (Å²) in [6.45, 7) is 2.24. The Bertz CT molecular complexity index is 398. The maximum Gasteiger partial charge on any atom is 0.128 e. The summed E-state index contributed by atoms with van der Waals surface area (Å²) >= 11 is 5.94. The van der Waals surface area contributed by atoms with Crippen molar-refractivity contribution in [3.63, 3.8) is 0 Å². The molecule has 0 aliphatic rings. The van der Waals surface area contributed by atoms with Crippen LogP contribution in [0.5, 0.6) is 0 Å². The topological polar surface area (TPSA) is 32.5 Å². The average Bonchev–Trinajstić information content (AvgIpc) is 2.34. The van der Waals surface area contributed by atoms with E-state index in [0.29, 0.717) is 17.1 Å². The molecule has 3 nitrogen and oxygen atoms in total. The molecule has 0 saturated heterocycles. The molecule has 1 atom stereocenters. The molecule has 0 amide bonds. The summed E-state index contributed by atoms with van der Waals surface area (Å²) in [5, 5.41) is 0.538. The molecule has 0 radical (unpaired) electrons. The van der Waals surface area contributed by atoms with Gasteiger partial charge in [-0.05, 0) is 58.9 Å². The van der Waals surface area contributed by atoms with Gasteiger partial charge in [0, 0.05) is 23.2 Å². The molecule has 0 spiro atoms. The predicted octanol–water partition coefficient (Wildman–Crippen LogP) is 2.36. The second-order valence-corrected chi connectivity index (χ2v) is 5.49. The number of hydrogen-bond donors (Lipinski definition) is 1. The van der Waals surface area contributed by atoms with Gasteiger partial charge in [-0.15, -0.1) is 0 Å². The Morgan fingerprint density at radius 1 is 1.26 bits per heavy atom. The van der Waals surface area contributed by atoms with Crippen molar-refractivity contribution >= 4 is 11.6 Å². The minimum Gasteiger partial charge on any atom is -0.329 e. The van der Waals surface area contributed by atoms with Crippen molar-refractivity contribution in [1.29, 1.82) is 0 Å². The minimum atomic E-state index is -0.251. The summed E-state index contributed by atoms with van der Waals surface area (Å²) in [5.41, 5.74) is 6.37. The van der Waals surface area contributed by atoms with Gasteiger partial charge in [-0.25, -0.2) is 4.39 Å². The maximum atomic E-state index is 13.9. The van der Waals surface area contributed by atoms with Crippen LogP contribution in [0.4, 0.5) is 4.39 Å². The monoisotopic (exact) mass is 287 g/mol. The highest BCUT2D eigenvalue weighted by atomic mass is 35.5. The number of likely N-dealkylation sites (N-methyl/N-ethyl adjacent to an activating group) is 1. The molecule has 0 heterocycles. The van der Waals surface area contributed by atoms with Crippen molar-refractivity contribution in [1.82, 2.24) is 9.80 Å². The van der Waals surface area contributed by atoms with E-state index in [9.17, 15) is 4.39 Å². The maximum absolute atomic E-state index is 13.9. The number of nitrogens with two attached hydrogens (primary N) is 1. The van der Waals surface area contributed by atoms with Crippen LogP contribution in [0.15, 0.2) is 18.2 Å². The first kappa shape index (κ1) is 16.4. The van der Waals surface area contributed by atoms with Gasteiger partial charge in [0.2, 0.25) is 0 Å². The zero-order chi connectivity index (χ0) is 14.4. The molecular weight excluding hydrogens is 265 g/mol. The first-order chi connectivity index (χ1) is 8.95. The zero-order valence-corrected chi connectivity index (χ0v) is 12.6.